The van der Waals surface area contributed by atoms with E-state index in [9.17, 15) is 17.6 Å². The highest BCUT2D eigenvalue weighted by Crippen LogP contribution is 2.24. The van der Waals surface area contributed by atoms with Gasteiger partial charge in [-0.2, -0.15) is 0 Å². The predicted molar refractivity (Wildman–Crippen MR) is 134 cm³/mol. The number of rotatable bonds is 7. The zero-order valence-electron chi connectivity index (χ0n) is 19.7. The lowest BCUT2D eigenvalue weighted by atomic mass is 10.0. The molecule has 3 aromatic carbocycles. The number of hydrogen-bond donors (Lipinski definition) is 0. The van der Waals surface area contributed by atoms with E-state index in [0.717, 1.165) is 12.7 Å². The highest BCUT2D eigenvalue weighted by molar-refractivity contribution is 7.90. The van der Waals surface area contributed by atoms with Gasteiger partial charge in [0, 0.05) is 32.0 Å². The molecule has 0 saturated carbocycles. The van der Waals surface area contributed by atoms with Gasteiger partial charge in [0.15, 0.2) is 21.4 Å². The fraction of sp³-hybridized carbons (Fsp3) is 0.185. The fourth-order valence-electron chi connectivity index (χ4n) is 2.93. The molecule has 0 aliphatic heterocycles. The molecule has 0 aliphatic rings. The summed E-state index contributed by atoms with van der Waals surface area (Å²) in [6.07, 6.45) is 3.71. The maximum atomic E-state index is 13.1. The standard InChI is InChI=1S/C19H18FNO4S.C8H10/c1-13(22)19(25-16-8-6-15(20)7-9-16)18(12-21-2)14-4-10-17(11-5-14)26(3,23)24;1-2-8-6-4-3-5-7-8/h4-12H,1-3H3;3-7H,2H2,1H3/b19-18-,21-12?;. The molecule has 0 amide bonds. The van der Waals surface area contributed by atoms with Crippen LogP contribution >= 0.6 is 0 Å². The number of hydrogen-bond acceptors (Lipinski definition) is 5. The van der Waals surface area contributed by atoms with E-state index in [0.29, 0.717) is 16.9 Å². The van der Waals surface area contributed by atoms with Crippen molar-refractivity contribution in [2.45, 2.75) is 25.2 Å². The van der Waals surface area contributed by atoms with Gasteiger partial charge >= 0.3 is 0 Å². The second-order valence-electron chi connectivity index (χ2n) is 7.38. The molecule has 5 nitrogen and oxygen atoms in total. The van der Waals surface area contributed by atoms with Crippen molar-refractivity contribution in [2.75, 3.05) is 13.3 Å². The van der Waals surface area contributed by atoms with E-state index in [1.807, 2.05) is 6.07 Å². The lowest BCUT2D eigenvalue weighted by Gasteiger charge is -2.12. The molecule has 7 heteroatoms. The van der Waals surface area contributed by atoms with Crippen molar-refractivity contribution in [2.24, 2.45) is 4.99 Å². The van der Waals surface area contributed by atoms with Gasteiger partial charge in [0.2, 0.25) is 0 Å². The number of nitrogens with zero attached hydrogens (tertiary/aromatic N) is 1. The van der Waals surface area contributed by atoms with Crippen LogP contribution in [0.1, 0.15) is 25.0 Å². The SMILES string of the molecule is CCc1ccccc1.CN=C/C(=C(/Oc1ccc(F)cc1)C(C)=O)c1ccc(S(C)(=O)=O)cc1. The molecular weight excluding hydrogens is 453 g/mol. The van der Waals surface area contributed by atoms with Crippen LogP contribution in [0.5, 0.6) is 5.75 Å². The number of sulfone groups is 1. The first-order valence-corrected chi connectivity index (χ1v) is 12.5. The Morgan fingerprint density at radius 1 is 0.971 bits per heavy atom. The summed E-state index contributed by atoms with van der Waals surface area (Å²) in [5.74, 6) is -0.450. The number of aliphatic imine (C=N–C) groups is 1. The second kappa shape index (κ2) is 12.6. The second-order valence-corrected chi connectivity index (χ2v) is 9.39. The Morgan fingerprint density at radius 2 is 1.56 bits per heavy atom. The molecule has 0 bridgehead atoms. The summed E-state index contributed by atoms with van der Waals surface area (Å²) < 4.78 is 41.9. The zero-order valence-corrected chi connectivity index (χ0v) is 20.5. The molecule has 0 N–H and O–H groups in total. The van der Waals surface area contributed by atoms with Crippen LogP contribution in [0.3, 0.4) is 0 Å². The average molecular weight is 482 g/mol. The number of benzene rings is 3. The first-order chi connectivity index (χ1) is 16.2. The number of Topliss-reactive ketones (excluding diaryl/α,β-unsaturated/α-hetero) is 1. The molecule has 0 aliphatic carbocycles. The molecule has 0 atom stereocenters. The van der Waals surface area contributed by atoms with Crippen molar-refractivity contribution < 1.29 is 22.3 Å². The Kier molecular flexibility index (Phi) is 9.89. The van der Waals surface area contributed by atoms with Crippen LogP contribution in [-0.2, 0) is 21.1 Å². The fourth-order valence-corrected chi connectivity index (χ4v) is 3.56. The summed E-state index contributed by atoms with van der Waals surface area (Å²) in [6.45, 7) is 3.50. The third-order valence-corrected chi connectivity index (χ3v) is 5.83. The monoisotopic (exact) mass is 481 g/mol. The zero-order chi connectivity index (χ0) is 25.1. The third kappa shape index (κ3) is 8.08. The van der Waals surface area contributed by atoms with Crippen molar-refractivity contribution >= 4 is 27.4 Å². The largest absolute Gasteiger partial charge is 0.453 e. The topological polar surface area (TPSA) is 72.8 Å². The number of aryl methyl sites for hydroxylation is 1. The molecule has 0 saturated heterocycles. The molecule has 0 radical (unpaired) electrons. The van der Waals surface area contributed by atoms with Crippen LogP contribution < -0.4 is 4.74 Å². The van der Waals surface area contributed by atoms with Crippen molar-refractivity contribution in [3.05, 3.63) is 102 Å². The summed E-state index contributed by atoms with van der Waals surface area (Å²) in [7, 11) is -1.79. The molecule has 34 heavy (non-hydrogen) atoms. The predicted octanol–water partition coefficient (Wildman–Crippen LogP) is 5.56. The molecule has 178 valence electrons. The third-order valence-electron chi connectivity index (χ3n) is 4.70. The minimum absolute atomic E-state index is 0.0225. The Bertz CT molecular complexity index is 1250. The van der Waals surface area contributed by atoms with Gasteiger partial charge in [0.25, 0.3) is 0 Å². The molecule has 3 aromatic rings. The van der Waals surface area contributed by atoms with Gasteiger partial charge in [0.05, 0.1) is 4.90 Å². The van der Waals surface area contributed by atoms with E-state index in [-0.39, 0.29) is 16.4 Å². The highest BCUT2D eigenvalue weighted by atomic mass is 32.2. The first-order valence-electron chi connectivity index (χ1n) is 10.6. The van der Waals surface area contributed by atoms with Gasteiger partial charge in [-0.05, 0) is 53.9 Å². The minimum atomic E-state index is -3.33. The quantitative estimate of drug-likeness (QED) is 0.252. The molecule has 0 fully saturated rings. The first kappa shape index (κ1) is 26.7. The number of ketones is 1. The van der Waals surface area contributed by atoms with E-state index in [2.05, 4.69) is 36.2 Å². The molecule has 0 unspecified atom stereocenters. The van der Waals surface area contributed by atoms with Gasteiger partial charge in [-0.25, -0.2) is 12.8 Å². The summed E-state index contributed by atoms with van der Waals surface area (Å²) in [5.41, 5.74) is 2.37. The summed E-state index contributed by atoms with van der Waals surface area (Å²) >= 11 is 0. The van der Waals surface area contributed by atoms with Gasteiger partial charge in [-0.1, -0.05) is 49.4 Å². The van der Waals surface area contributed by atoms with E-state index in [4.69, 9.17) is 4.74 Å². The van der Waals surface area contributed by atoms with Crippen molar-refractivity contribution in [3.8, 4) is 5.75 Å². The van der Waals surface area contributed by atoms with Gasteiger partial charge in [-0.15, -0.1) is 0 Å². The normalized spacial score (nSPS) is 11.9. The molecule has 0 heterocycles. The summed E-state index contributed by atoms with van der Waals surface area (Å²) in [4.78, 5) is 16.2. The van der Waals surface area contributed by atoms with Crippen molar-refractivity contribution in [3.63, 3.8) is 0 Å². The number of carbonyl (C=O) groups excluding carboxylic acids is 1. The lowest BCUT2D eigenvalue weighted by Crippen LogP contribution is -2.10. The number of allylic oxidation sites excluding steroid dienone is 2. The molecule has 3 rings (SSSR count). The van der Waals surface area contributed by atoms with Crippen LogP contribution in [0.2, 0.25) is 0 Å². The van der Waals surface area contributed by atoms with Crippen molar-refractivity contribution in [1.29, 1.82) is 0 Å². The van der Waals surface area contributed by atoms with Crippen LogP contribution in [0.4, 0.5) is 4.39 Å². The highest BCUT2D eigenvalue weighted by Gasteiger charge is 2.16. The Balaban J connectivity index is 0.000000430. The summed E-state index contributed by atoms with van der Waals surface area (Å²) in [6, 6.07) is 21.8. The minimum Gasteiger partial charge on any atom is -0.453 e. The average Bonchev–Trinajstić information content (AvgIpc) is 2.83. The van der Waals surface area contributed by atoms with E-state index >= 15 is 0 Å². The van der Waals surface area contributed by atoms with Gasteiger partial charge < -0.3 is 4.74 Å². The number of halogens is 1. The lowest BCUT2D eigenvalue weighted by molar-refractivity contribution is -0.115. The molecular formula is C27H28FNO4S. The van der Waals surface area contributed by atoms with Crippen LogP contribution in [0.15, 0.2) is 94.5 Å². The van der Waals surface area contributed by atoms with Crippen LogP contribution in [0, 0.1) is 5.82 Å². The molecule has 0 spiro atoms. The van der Waals surface area contributed by atoms with Crippen LogP contribution in [-0.4, -0.2) is 33.7 Å². The van der Waals surface area contributed by atoms with E-state index in [1.54, 1.807) is 19.2 Å². The Morgan fingerprint density at radius 3 is 2.00 bits per heavy atom. The van der Waals surface area contributed by atoms with Crippen LogP contribution in [0.25, 0.3) is 5.57 Å². The van der Waals surface area contributed by atoms with Gasteiger partial charge in [0.1, 0.15) is 11.6 Å². The van der Waals surface area contributed by atoms with E-state index < -0.39 is 15.7 Å². The Labute approximate surface area is 200 Å². The maximum Gasteiger partial charge on any atom is 0.195 e. The summed E-state index contributed by atoms with van der Waals surface area (Å²) in [5, 5.41) is 0. The smallest absolute Gasteiger partial charge is 0.195 e. The molecule has 0 aromatic heterocycles. The van der Waals surface area contributed by atoms with Gasteiger partial charge in [-0.3, -0.25) is 9.79 Å². The maximum absolute atomic E-state index is 13.1. The number of ether oxygens (including phenoxy) is 1. The number of carbonyl (C=O) groups is 1. The van der Waals surface area contributed by atoms with E-state index in [1.165, 1.54) is 55.1 Å². The van der Waals surface area contributed by atoms with Crippen molar-refractivity contribution in [1.82, 2.24) is 0 Å². The Hall–Kier alpha value is -3.58.